The van der Waals surface area contributed by atoms with E-state index in [0.717, 1.165) is 12.0 Å². The van der Waals surface area contributed by atoms with Gasteiger partial charge >= 0.3 is 0 Å². The van der Waals surface area contributed by atoms with Crippen LogP contribution in [0.1, 0.15) is 18.9 Å². The van der Waals surface area contributed by atoms with Crippen molar-refractivity contribution in [2.45, 2.75) is 13.3 Å². The van der Waals surface area contributed by atoms with Gasteiger partial charge in [-0.1, -0.05) is 67.3 Å². The Hall–Kier alpha value is -2.64. The molecule has 1 fully saturated rings. The van der Waals surface area contributed by atoms with Gasteiger partial charge in [-0.3, -0.25) is 14.5 Å². The Morgan fingerprint density at radius 1 is 1.18 bits per heavy atom. The highest BCUT2D eigenvalue weighted by Gasteiger charge is 2.31. The molecule has 2 aromatic rings. The third kappa shape index (κ3) is 4.99. The lowest BCUT2D eigenvalue weighted by Gasteiger charge is -2.12. The van der Waals surface area contributed by atoms with Crippen molar-refractivity contribution in [2.24, 2.45) is 0 Å². The van der Waals surface area contributed by atoms with Crippen LogP contribution in [-0.2, 0) is 9.59 Å². The van der Waals surface area contributed by atoms with E-state index in [1.807, 2.05) is 55.5 Å². The zero-order valence-electron chi connectivity index (χ0n) is 15.4. The molecule has 3 rings (SSSR count). The van der Waals surface area contributed by atoms with E-state index in [1.54, 1.807) is 17.0 Å². The number of anilines is 1. The largest absolute Gasteiger partial charge is 0.483 e. The number of para-hydroxylation sites is 2. The predicted molar refractivity (Wildman–Crippen MR) is 117 cm³/mol. The van der Waals surface area contributed by atoms with E-state index in [-0.39, 0.29) is 18.4 Å². The molecule has 5 nitrogen and oxygen atoms in total. The number of rotatable bonds is 7. The minimum Gasteiger partial charge on any atom is -0.483 e. The van der Waals surface area contributed by atoms with Crippen molar-refractivity contribution in [1.29, 1.82) is 0 Å². The summed E-state index contributed by atoms with van der Waals surface area (Å²) in [5, 5.41) is 2.78. The Bertz CT molecular complexity index is 913. The Labute approximate surface area is 173 Å². The highest BCUT2D eigenvalue weighted by Crippen LogP contribution is 2.34. The second kappa shape index (κ2) is 9.52. The number of hydrogen-bond acceptors (Lipinski definition) is 5. The molecule has 2 amide bonds. The fourth-order valence-corrected chi connectivity index (χ4v) is 3.95. The van der Waals surface area contributed by atoms with Gasteiger partial charge in [0.15, 0.2) is 6.61 Å². The predicted octanol–water partition coefficient (Wildman–Crippen LogP) is 4.32. The molecule has 7 heteroatoms. The topological polar surface area (TPSA) is 58.6 Å². The summed E-state index contributed by atoms with van der Waals surface area (Å²) in [5.41, 5.74) is 1.44. The average molecular weight is 413 g/mol. The molecule has 0 aliphatic carbocycles. The molecule has 28 heavy (non-hydrogen) atoms. The first kappa shape index (κ1) is 20.1. The first-order valence-corrected chi connectivity index (χ1v) is 10.1. The maximum Gasteiger partial charge on any atom is 0.266 e. The van der Waals surface area contributed by atoms with E-state index in [4.69, 9.17) is 17.0 Å². The SMILES string of the molecule is CCCN1C(=O)/C(=C/c2ccccc2OCC(=O)Nc2ccccc2)SC1=S. The van der Waals surface area contributed by atoms with Gasteiger partial charge in [0.05, 0.1) is 4.91 Å². The number of thioether (sulfide) groups is 1. The molecule has 0 radical (unpaired) electrons. The molecule has 1 aliphatic rings. The second-order valence-electron chi connectivity index (χ2n) is 6.07. The minimum atomic E-state index is -0.254. The number of carbonyl (C=O) groups is 2. The van der Waals surface area contributed by atoms with Gasteiger partial charge in [0, 0.05) is 17.8 Å². The van der Waals surface area contributed by atoms with Crippen molar-refractivity contribution >= 4 is 51.9 Å². The number of benzene rings is 2. The Kier molecular flexibility index (Phi) is 6.84. The summed E-state index contributed by atoms with van der Waals surface area (Å²) in [6.07, 6.45) is 2.61. The Morgan fingerprint density at radius 2 is 1.89 bits per heavy atom. The normalized spacial score (nSPS) is 15.2. The minimum absolute atomic E-state index is 0.0894. The lowest BCUT2D eigenvalue weighted by atomic mass is 10.2. The number of ether oxygens (including phenoxy) is 1. The fraction of sp³-hybridized carbons (Fsp3) is 0.190. The van der Waals surface area contributed by atoms with Gasteiger partial charge in [0.25, 0.3) is 11.8 Å². The maximum atomic E-state index is 12.5. The first-order valence-electron chi connectivity index (χ1n) is 8.90. The highest BCUT2D eigenvalue weighted by atomic mass is 32.2. The third-order valence-electron chi connectivity index (χ3n) is 3.94. The molecule has 0 aromatic heterocycles. The third-order valence-corrected chi connectivity index (χ3v) is 5.32. The van der Waals surface area contributed by atoms with Crippen LogP contribution in [0, 0.1) is 0 Å². The lowest BCUT2D eigenvalue weighted by molar-refractivity contribution is -0.122. The van der Waals surface area contributed by atoms with Crippen LogP contribution >= 0.6 is 24.0 Å². The molecule has 0 spiro atoms. The van der Waals surface area contributed by atoms with Gasteiger partial charge in [0.2, 0.25) is 0 Å². The molecule has 1 aliphatic heterocycles. The number of amides is 2. The quantitative estimate of drug-likeness (QED) is 0.542. The van der Waals surface area contributed by atoms with Crippen molar-refractivity contribution in [2.75, 3.05) is 18.5 Å². The number of nitrogens with one attached hydrogen (secondary N) is 1. The summed E-state index contributed by atoms with van der Waals surface area (Å²) in [6.45, 7) is 2.49. The standard InChI is InChI=1S/C21H20N2O3S2/c1-2-12-23-20(25)18(28-21(23)27)13-15-8-6-7-11-17(15)26-14-19(24)22-16-9-4-3-5-10-16/h3-11,13H,2,12,14H2,1H3,(H,22,24)/b18-13-. The van der Waals surface area contributed by atoms with Gasteiger partial charge in [0.1, 0.15) is 10.1 Å². The van der Waals surface area contributed by atoms with E-state index in [9.17, 15) is 9.59 Å². The lowest BCUT2D eigenvalue weighted by Crippen LogP contribution is -2.28. The molecular formula is C21H20N2O3S2. The average Bonchev–Trinajstić information content (AvgIpc) is 2.96. The number of carbonyl (C=O) groups excluding carboxylic acids is 2. The summed E-state index contributed by atoms with van der Waals surface area (Å²) >= 11 is 6.59. The van der Waals surface area contributed by atoms with Crippen molar-refractivity contribution < 1.29 is 14.3 Å². The van der Waals surface area contributed by atoms with Gasteiger partial charge in [-0.2, -0.15) is 0 Å². The maximum absolute atomic E-state index is 12.5. The molecule has 1 heterocycles. The molecule has 0 atom stereocenters. The number of nitrogens with zero attached hydrogens (tertiary/aromatic N) is 1. The monoisotopic (exact) mass is 412 g/mol. The van der Waals surface area contributed by atoms with Gasteiger partial charge in [-0.25, -0.2) is 0 Å². The molecule has 1 N–H and O–H groups in total. The molecule has 2 aromatic carbocycles. The summed E-state index contributed by atoms with van der Waals surface area (Å²) < 4.78 is 6.26. The van der Waals surface area contributed by atoms with E-state index >= 15 is 0 Å². The van der Waals surface area contributed by atoms with Crippen LogP contribution in [0.3, 0.4) is 0 Å². The van der Waals surface area contributed by atoms with Crippen LogP contribution in [0.15, 0.2) is 59.5 Å². The van der Waals surface area contributed by atoms with Crippen LogP contribution in [0.5, 0.6) is 5.75 Å². The zero-order valence-corrected chi connectivity index (χ0v) is 17.0. The van der Waals surface area contributed by atoms with E-state index in [2.05, 4.69) is 5.32 Å². The van der Waals surface area contributed by atoms with E-state index in [1.165, 1.54) is 11.8 Å². The molecule has 0 saturated carbocycles. The Balaban J connectivity index is 1.69. The molecule has 0 bridgehead atoms. The van der Waals surface area contributed by atoms with Crippen molar-refractivity contribution in [3.8, 4) is 5.75 Å². The van der Waals surface area contributed by atoms with Crippen LogP contribution < -0.4 is 10.1 Å². The molecule has 1 saturated heterocycles. The summed E-state index contributed by atoms with van der Waals surface area (Å²) in [6, 6.07) is 16.5. The van der Waals surface area contributed by atoms with Crippen molar-refractivity contribution in [1.82, 2.24) is 4.90 Å². The highest BCUT2D eigenvalue weighted by molar-refractivity contribution is 8.26. The van der Waals surface area contributed by atoms with Crippen LogP contribution in [0.25, 0.3) is 6.08 Å². The summed E-state index contributed by atoms with van der Waals surface area (Å²) in [5.74, 6) is 0.190. The summed E-state index contributed by atoms with van der Waals surface area (Å²) in [7, 11) is 0. The summed E-state index contributed by atoms with van der Waals surface area (Å²) in [4.78, 5) is 26.8. The van der Waals surface area contributed by atoms with Crippen LogP contribution in [0.4, 0.5) is 5.69 Å². The van der Waals surface area contributed by atoms with Crippen LogP contribution in [-0.4, -0.2) is 34.2 Å². The van der Waals surface area contributed by atoms with Gasteiger partial charge in [-0.05, 0) is 30.7 Å². The second-order valence-corrected chi connectivity index (χ2v) is 7.75. The fourth-order valence-electron chi connectivity index (χ4n) is 2.65. The first-order chi connectivity index (χ1) is 13.6. The van der Waals surface area contributed by atoms with Gasteiger partial charge in [-0.15, -0.1) is 0 Å². The molecule has 144 valence electrons. The van der Waals surface area contributed by atoms with E-state index in [0.29, 0.717) is 27.2 Å². The molecular weight excluding hydrogens is 392 g/mol. The van der Waals surface area contributed by atoms with Crippen molar-refractivity contribution in [3.05, 3.63) is 65.1 Å². The Morgan fingerprint density at radius 3 is 2.64 bits per heavy atom. The smallest absolute Gasteiger partial charge is 0.266 e. The molecule has 0 unspecified atom stereocenters. The number of hydrogen-bond donors (Lipinski definition) is 1. The van der Waals surface area contributed by atoms with Crippen molar-refractivity contribution in [3.63, 3.8) is 0 Å². The van der Waals surface area contributed by atoms with Crippen LogP contribution in [0.2, 0.25) is 0 Å². The van der Waals surface area contributed by atoms with Gasteiger partial charge < -0.3 is 10.1 Å². The van der Waals surface area contributed by atoms with E-state index < -0.39 is 0 Å². The zero-order chi connectivity index (χ0) is 19.9. The number of thiocarbonyl (C=S) groups is 1.